The number of benzene rings is 2. The number of hydrogen-bond donors (Lipinski definition) is 1. The van der Waals surface area contributed by atoms with Crippen LogP contribution in [0.2, 0.25) is 0 Å². The van der Waals surface area contributed by atoms with Crippen LogP contribution < -0.4 is 10.1 Å². The summed E-state index contributed by atoms with van der Waals surface area (Å²) in [7, 11) is 0. The Morgan fingerprint density at radius 2 is 1.87 bits per heavy atom. The van der Waals surface area contributed by atoms with Crippen LogP contribution in [-0.4, -0.2) is 47.9 Å². The second-order valence-electron chi connectivity index (χ2n) is 7.39. The molecule has 1 fully saturated rings. The molecule has 1 saturated heterocycles. The molecule has 30 heavy (non-hydrogen) atoms. The Morgan fingerprint density at radius 3 is 2.53 bits per heavy atom. The standard InChI is InChI=1S/C22H25N3O5/c1-16-7-8-18(13-20(16)25(28)29)22(27)23-14-17-9-11-24(12-10-17)21(26)15-30-19-5-3-2-4-6-19/h2-8,13,17H,9-12,14-15H2,1H3,(H,23,27). The molecule has 2 aromatic rings. The van der Waals surface area contributed by atoms with E-state index in [0.29, 0.717) is 30.9 Å². The molecule has 0 radical (unpaired) electrons. The predicted molar refractivity (Wildman–Crippen MR) is 111 cm³/mol. The van der Waals surface area contributed by atoms with Gasteiger partial charge in [-0.3, -0.25) is 19.7 Å². The van der Waals surface area contributed by atoms with Crippen molar-refractivity contribution in [3.8, 4) is 5.75 Å². The van der Waals surface area contributed by atoms with Gasteiger partial charge in [0.15, 0.2) is 6.61 Å². The molecular weight excluding hydrogens is 386 g/mol. The molecule has 1 aliphatic heterocycles. The summed E-state index contributed by atoms with van der Waals surface area (Å²) in [6.45, 7) is 3.36. The van der Waals surface area contributed by atoms with Crippen LogP contribution in [0, 0.1) is 23.0 Å². The molecule has 2 aromatic carbocycles. The molecule has 8 heteroatoms. The first kappa shape index (κ1) is 21.3. The molecule has 0 aliphatic carbocycles. The summed E-state index contributed by atoms with van der Waals surface area (Å²) >= 11 is 0. The fourth-order valence-electron chi connectivity index (χ4n) is 3.43. The van der Waals surface area contributed by atoms with Crippen molar-refractivity contribution in [2.24, 2.45) is 5.92 Å². The molecule has 0 atom stereocenters. The highest BCUT2D eigenvalue weighted by Gasteiger charge is 2.24. The lowest BCUT2D eigenvalue weighted by Gasteiger charge is -2.32. The Balaban J connectivity index is 1.42. The van der Waals surface area contributed by atoms with Gasteiger partial charge in [-0.1, -0.05) is 24.3 Å². The normalized spacial score (nSPS) is 14.2. The van der Waals surface area contributed by atoms with E-state index in [1.807, 2.05) is 30.3 Å². The molecule has 8 nitrogen and oxygen atoms in total. The van der Waals surface area contributed by atoms with Crippen molar-refractivity contribution in [2.75, 3.05) is 26.2 Å². The van der Waals surface area contributed by atoms with E-state index in [2.05, 4.69) is 5.32 Å². The number of carbonyl (C=O) groups excluding carboxylic acids is 2. The SMILES string of the molecule is Cc1ccc(C(=O)NCC2CCN(C(=O)COc3ccccc3)CC2)cc1[N+](=O)[O-]. The van der Waals surface area contributed by atoms with Gasteiger partial charge in [0.05, 0.1) is 4.92 Å². The van der Waals surface area contributed by atoms with Gasteiger partial charge in [-0.25, -0.2) is 0 Å². The number of nitrogens with one attached hydrogen (secondary N) is 1. The average molecular weight is 411 g/mol. The number of para-hydroxylation sites is 1. The zero-order chi connectivity index (χ0) is 21.5. The van der Waals surface area contributed by atoms with Gasteiger partial charge in [-0.2, -0.15) is 0 Å². The zero-order valence-electron chi connectivity index (χ0n) is 16.9. The quantitative estimate of drug-likeness (QED) is 0.557. The second-order valence-corrected chi connectivity index (χ2v) is 7.39. The van der Waals surface area contributed by atoms with Crippen molar-refractivity contribution >= 4 is 17.5 Å². The minimum absolute atomic E-state index is 0.0115. The molecule has 0 spiro atoms. The van der Waals surface area contributed by atoms with Gasteiger partial charge < -0.3 is 15.0 Å². The highest BCUT2D eigenvalue weighted by atomic mass is 16.6. The van der Waals surface area contributed by atoms with Gasteiger partial charge in [0, 0.05) is 36.8 Å². The van der Waals surface area contributed by atoms with Gasteiger partial charge in [-0.05, 0) is 43.9 Å². The van der Waals surface area contributed by atoms with E-state index in [9.17, 15) is 19.7 Å². The van der Waals surface area contributed by atoms with Gasteiger partial charge >= 0.3 is 0 Å². The average Bonchev–Trinajstić information content (AvgIpc) is 2.77. The molecular formula is C22H25N3O5. The Kier molecular flexibility index (Phi) is 7.00. The van der Waals surface area contributed by atoms with Gasteiger partial charge in [0.2, 0.25) is 0 Å². The summed E-state index contributed by atoms with van der Waals surface area (Å²) in [4.78, 5) is 37.0. The van der Waals surface area contributed by atoms with Crippen LogP contribution in [0.25, 0.3) is 0 Å². The first-order valence-electron chi connectivity index (χ1n) is 9.93. The fraction of sp³-hybridized carbons (Fsp3) is 0.364. The van der Waals surface area contributed by atoms with Crippen molar-refractivity contribution < 1.29 is 19.2 Å². The number of ether oxygens (including phenoxy) is 1. The highest BCUT2D eigenvalue weighted by molar-refractivity contribution is 5.95. The lowest BCUT2D eigenvalue weighted by molar-refractivity contribution is -0.385. The first-order valence-corrected chi connectivity index (χ1v) is 9.93. The molecule has 1 heterocycles. The lowest BCUT2D eigenvalue weighted by atomic mass is 9.96. The van der Waals surface area contributed by atoms with Gasteiger partial charge in [0.1, 0.15) is 5.75 Å². The Bertz CT molecular complexity index is 908. The number of nitro benzene ring substituents is 1. The number of nitro groups is 1. The van der Waals surface area contributed by atoms with Crippen LogP contribution in [0.3, 0.4) is 0 Å². The first-order chi connectivity index (χ1) is 14.4. The number of rotatable bonds is 7. The van der Waals surface area contributed by atoms with Crippen molar-refractivity contribution in [2.45, 2.75) is 19.8 Å². The smallest absolute Gasteiger partial charge is 0.273 e. The summed E-state index contributed by atoms with van der Waals surface area (Å²) in [5.41, 5.74) is 0.731. The number of hydrogen-bond acceptors (Lipinski definition) is 5. The van der Waals surface area contributed by atoms with Crippen LogP contribution in [0.5, 0.6) is 5.75 Å². The minimum atomic E-state index is -0.486. The van der Waals surface area contributed by atoms with E-state index in [-0.39, 0.29) is 35.6 Å². The maximum absolute atomic E-state index is 12.4. The van der Waals surface area contributed by atoms with E-state index >= 15 is 0 Å². The number of aryl methyl sites for hydroxylation is 1. The maximum atomic E-state index is 12.4. The molecule has 0 bridgehead atoms. The molecule has 1 aliphatic rings. The van der Waals surface area contributed by atoms with Crippen LogP contribution in [0.15, 0.2) is 48.5 Å². The van der Waals surface area contributed by atoms with Gasteiger partial charge in [0.25, 0.3) is 17.5 Å². The molecule has 0 aromatic heterocycles. The van der Waals surface area contributed by atoms with Crippen molar-refractivity contribution in [3.05, 3.63) is 69.8 Å². The summed E-state index contributed by atoms with van der Waals surface area (Å²) in [5, 5.41) is 13.9. The molecule has 0 unspecified atom stereocenters. The molecule has 0 saturated carbocycles. The lowest BCUT2D eigenvalue weighted by Crippen LogP contribution is -2.43. The third-order valence-electron chi connectivity index (χ3n) is 5.29. The number of amides is 2. The maximum Gasteiger partial charge on any atom is 0.273 e. The van der Waals surface area contributed by atoms with Crippen LogP contribution in [0.1, 0.15) is 28.8 Å². The molecule has 2 amide bonds. The minimum Gasteiger partial charge on any atom is -0.484 e. The van der Waals surface area contributed by atoms with Crippen molar-refractivity contribution in [1.82, 2.24) is 10.2 Å². The highest BCUT2D eigenvalue weighted by Crippen LogP contribution is 2.20. The van der Waals surface area contributed by atoms with E-state index < -0.39 is 4.92 Å². The number of nitrogens with zero attached hydrogens (tertiary/aromatic N) is 2. The van der Waals surface area contributed by atoms with Crippen molar-refractivity contribution in [1.29, 1.82) is 0 Å². The van der Waals surface area contributed by atoms with E-state index in [1.165, 1.54) is 6.07 Å². The number of likely N-dealkylation sites (tertiary alicyclic amines) is 1. The van der Waals surface area contributed by atoms with Crippen LogP contribution in [-0.2, 0) is 4.79 Å². The monoisotopic (exact) mass is 411 g/mol. The van der Waals surface area contributed by atoms with Gasteiger partial charge in [-0.15, -0.1) is 0 Å². The second kappa shape index (κ2) is 9.87. The predicted octanol–water partition coefficient (Wildman–Crippen LogP) is 2.95. The molecule has 158 valence electrons. The molecule has 3 rings (SSSR count). The Hall–Kier alpha value is -3.42. The van der Waals surface area contributed by atoms with E-state index in [4.69, 9.17) is 4.74 Å². The number of piperidine rings is 1. The topological polar surface area (TPSA) is 102 Å². The third kappa shape index (κ3) is 5.56. The third-order valence-corrected chi connectivity index (χ3v) is 5.29. The van der Waals surface area contributed by atoms with Crippen molar-refractivity contribution in [3.63, 3.8) is 0 Å². The molecule has 1 N–H and O–H groups in total. The zero-order valence-corrected chi connectivity index (χ0v) is 16.9. The fourth-order valence-corrected chi connectivity index (χ4v) is 3.43. The van der Waals surface area contributed by atoms with E-state index in [0.717, 1.165) is 12.8 Å². The Morgan fingerprint density at radius 1 is 1.17 bits per heavy atom. The largest absolute Gasteiger partial charge is 0.484 e. The van der Waals surface area contributed by atoms with E-state index in [1.54, 1.807) is 24.0 Å². The van der Waals surface area contributed by atoms with Crippen LogP contribution in [0.4, 0.5) is 5.69 Å². The summed E-state index contributed by atoms with van der Waals surface area (Å²) in [5.74, 6) is 0.550. The summed E-state index contributed by atoms with van der Waals surface area (Å²) < 4.78 is 5.51. The summed E-state index contributed by atoms with van der Waals surface area (Å²) in [6, 6.07) is 13.7. The van der Waals surface area contributed by atoms with Crippen LogP contribution >= 0.6 is 0 Å². The summed E-state index contributed by atoms with van der Waals surface area (Å²) in [6.07, 6.45) is 1.57. The Labute approximate surface area is 175 Å². The number of carbonyl (C=O) groups is 2.